The molecule has 1 heterocycles. The molecule has 0 saturated carbocycles. The van der Waals surface area contributed by atoms with Gasteiger partial charge in [0.25, 0.3) is 10.0 Å². The van der Waals surface area contributed by atoms with Crippen LogP contribution >= 0.6 is 0 Å². The van der Waals surface area contributed by atoms with Gasteiger partial charge in [-0.1, -0.05) is 12.1 Å². The van der Waals surface area contributed by atoms with E-state index >= 15 is 0 Å². The van der Waals surface area contributed by atoms with Gasteiger partial charge < -0.3 is 9.64 Å². The number of rotatable bonds is 8. The summed E-state index contributed by atoms with van der Waals surface area (Å²) in [5.41, 5.74) is 1.19. The predicted octanol–water partition coefficient (Wildman–Crippen LogP) is 2.74. The van der Waals surface area contributed by atoms with E-state index in [1.165, 1.54) is 38.4 Å². The van der Waals surface area contributed by atoms with Crippen LogP contribution in [0.1, 0.15) is 19.3 Å². The van der Waals surface area contributed by atoms with E-state index in [0.29, 0.717) is 12.2 Å². The molecule has 1 aliphatic heterocycles. The fraction of sp³-hybridized carbons (Fsp3) is 0.429. The van der Waals surface area contributed by atoms with E-state index < -0.39 is 20.0 Å². The van der Waals surface area contributed by atoms with Crippen molar-refractivity contribution in [2.45, 2.75) is 35.2 Å². The van der Waals surface area contributed by atoms with E-state index in [2.05, 4.69) is 4.72 Å². The zero-order chi connectivity index (χ0) is 22.6. The maximum absolute atomic E-state index is 12.9. The van der Waals surface area contributed by atoms with Gasteiger partial charge in [0, 0.05) is 34.3 Å². The zero-order valence-corrected chi connectivity index (χ0v) is 19.6. The Morgan fingerprint density at radius 3 is 2.19 bits per heavy atom. The number of hydrogen-bond acceptors (Lipinski definition) is 6. The van der Waals surface area contributed by atoms with Crippen LogP contribution in [0.15, 0.2) is 58.3 Å². The lowest BCUT2D eigenvalue weighted by atomic mass is 10.1. The minimum atomic E-state index is -3.90. The van der Waals surface area contributed by atoms with Crippen molar-refractivity contribution in [2.24, 2.45) is 0 Å². The molecule has 2 aromatic rings. The maximum atomic E-state index is 12.9. The molecule has 1 saturated heterocycles. The average Bonchev–Trinajstić information content (AvgIpc) is 2.74. The molecule has 1 unspecified atom stereocenters. The highest BCUT2D eigenvalue weighted by Gasteiger charge is 2.22. The second-order valence-electron chi connectivity index (χ2n) is 7.75. The number of hydrogen-bond donors (Lipinski definition) is 1. The smallest absolute Gasteiger partial charge is 0.261 e. The van der Waals surface area contributed by atoms with E-state index in [-0.39, 0.29) is 15.9 Å². The molecule has 31 heavy (non-hydrogen) atoms. The van der Waals surface area contributed by atoms with Crippen LogP contribution in [-0.2, 0) is 24.8 Å². The first kappa shape index (κ1) is 23.5. The summed E-state index contributed by atoms with van der Waals surface area (Å²) in [6.45, 7) is 1.42. The van der Waals surface area contributed by atoms with Gasteiger partial charge >= 0.3 is 0 Å². The van der Waals surface area contributed by atoms with Gasteiger partial charge in [-0.05, 0) is 55.7 Å². The molecule has 0 aromatic heterocycles. The van der Waals surface area contributed by atoms with Gasteiger partial charge in [0.15, 0.2) is 0 Å². The van der Waals surface area contributed by atoms with Crippen molar-refractivity contribution in [1.82, 2.24) is 4.31 Å². The molecule has 3 rings (SSSR count). The van der Waals surface area contributed by atoms with Crippen LogP contribution in [0, 0.1) is 0 Å². The van der Waals surface area contributed by atoms with Crippen molar-refractivity contribution in [3.8, 4) is 0 Å². The lowest BCUT2D eigenvalue weighted by molar-refractivity contribution is 0.0216. The van der Waals surface area contributed by atoms with Crippen LogP contribution in [-0.4, -0.2) is 61.5 Å². The van der Waals surface area contributed by atoms with Crippen LogP contribution in [0.3, 0.4) is 0 Å². The van der Waals surface area contributed by atoms with Gasteiger partial charge in [0.05, 0.1) is 27.3 Å². The Hall–Kier alpha value is -2.14. The molecule has 1 atom stereocenters. The van der Waals surface area contributed by atoms with Gasteiger partial charge in [0.2, 0.25) is 10.0 Å². The third kappa shape index (κ3) is 5.57. The van der Waals surface area contributed by atoms with Gasteiger partial charge in [0.1, 0.15) is 0 Å². The second-order valence-corrected chi connectivity index (χ2v) is 11.6. The lowest BCUT2D eigenvalue weighted by Gasteiger charge is -2.29. The lowest BCUT2D eigenvalue weighted by Crippen LogP contribution is -2.33. The van der Waals surface area contributed by atoms with Crippen molar-refractivity contribution in [3.05, 3.63) is 48.5 Å². The number of benzene rings is 2. The topological polar surface area (TPSA) is 96.0 Å². The first-order valence-corrected chi connectivity index (χ1v) is 13.0. The van der Waals surface area contributed by atoms with Crippen LogP contribution in [0.2, 0.25) is 0 Å². The second kappa shape index (κ2) is 9.56. The van der Waals surface area contributed by atoms with Crippen LogP contribution in [0.5, 0.6) is 0 Å². The number of nitrogens with zero attached hydrogens (tertiary/aromatic N) is 2. The number of ether oxygens (including phenoxy) is 1. The molecule has 170 valence electrons. The van der Waals surface area contributed by atoms with Crippen molar-refractivity contribution < 1.29 is 21.6 Å². The molecular formula is C21H29N3O5S2. The molecule has 0 bridgehead atoms. The Bertz CT molecular complexity index is 1090. The number of nitrogens with one attached hydrogen (secondary N) is 1. The summed E-state index contributed by atoms with van der Waals surface area (Å²) in [6, 6.07) is 12.3. The summed E-state index contributed by atoms with van der Waals surface area (Å²) in [5.74, 6) is 0. The minimum absolute atomic E-state index is 0.0155. The summed E-state index contributed by atoms with van der Waals surface area (Å²) in [4.78, 5) is 2.00. The van der Waals surface area contributed by atoms with E-state index in [9.17, 15) is 16.8 Å². The fourth-order valence-corrected chi connectivity index (χ4v) is 5.43. The molecule has 10 heteroatoms. The first-order chi connectivity index (χ1) is 14.6. The molecular weight excluding hydrogens is 438 g/mol. The summed E-state index contributed by atoms with van der Waals surface area (Å²) < 4.78 is 59.8. The van der Waals surface area contributed by atoms with Crippen LogP contribution < -0.4 is 9.62 Å². The Morgan fingerprint density at radius 1 is 0.935 bits per heavy atom. The normalized spacial score (nSPS) is 17.5. The Labute approximate surface area is 184 Å². The predicted molar refractivity (Wildman–Crippen MR) is 121 cm³/mol. The monoisotopic (exact) mass is 467 g/mol. The third-order valence-corrected chi connectivity index (χ3v) is 8.43. The SMILES string of the molecule is CN(CC1CCCCO1)c1ccccc1NS(=O)(=O)c1ccc(S(=O)(=O)N(C)C)cc1. The Balaban J connectivity index is 1.80. The summed E-state index contributed by atoms with van der Waals surface area (Å²) >= 11 is 0. The molecule has 2 aromatic carbocycles. The van der Waals surface area contributed by atoms with Gasteiger partial charge in [-0.2, -0.15) is 0 Å². The largest absolute Gasteiger partial charge is 0.376 e. The molecule has 0 aliphatic carbocycles. The van der Waals surface area contributed by atoms with E-state index in [0.717, 1.165) is 35.9 Å². The first-order valence-electron chi connectivity index (χ1n) is 10.1. The van der Waals surface area contributed by atoms with E-state index in [1.54, 1.807) is 12.1 Å². The maximum Gasteiger partial charge on any atom is 0.261 e. The molecule has 1 fully saturated rings. The van der Waals surface area contributed by atoms with Crippen LogP contribution in [0.4, 0.5) is 11.4 Å². The van der Waals surface area contributed by atoms with Crippen molar-refractivity contribution in [1.29, 1.82) is 0 Å². The number of para-hydroxylation sites is 2. The molecule has 0 spiro atoms. The minimum Gasteiger partial charge on any atom is -0.376 e. The Kier molecular flexibility index (Phi) is 7.25. The zero-order valence-electron chi connectivity index (χ0n) is 18.0. The summed E-state index contributed by atoms with van der Waals surface area (Å²) in [7, 11) is -2.78. The van der Waals surface area contributed by atoms with Crippen molar-refractivity contribution in [3.63, 3.8) is 0 Å². The highest BCUT2D eigenvalue weighted by atomic mass is 32.2. The summed E-state index contributed by atoms with van der Waals surface area (Å²) in [5, 5.41) is 0. The number of sulfonamides is 2. The van der Waals surface area contributed by atoms with Gasteiger partial charge in [-0.15, -0.1) is 0 Å². The van der Waals surface area contributed by atoms with Gasteiger partial charge in [-0.25, -0.2) is 21.1 Å². The van der Waals surface area contributed by atoms with Gasteiger partial charge in [-0.3, -0.25) is 4.72 Å². The molecule has 8 nitrogen and oxygen atoms in total. The number of likely N-dealkylation sites (N-methyl/N-ethyl adjacent to an activating group) is 1. The number of anilines is 2. The third-order valence-electron chi connectivity index (χ3n) is 5.22. The van der Waals surface area contributed by atoms with Crippen molar-refractivity contribution in [2.75, 3.05) is 43.9 Å². The van der Waals surface area contributed by atoms with Crippen LogP contribution in [0.25, 0.3) is 0 Å². The molecule has 1 N–H and O–H groups in total. The fourth-order valence-electron chi connectivity index (χ4n) is 3.45. The molecule has 0 radical (unpaired) electrons. The highest BCUT2D eigenvalue weighted by molar-refractivity contribution is 7.92. The van der Waals surface area contributed by atoms with E-state index in [1.807, 2.05) is 24.1 Å². The molecule has 0 amide bonds. The van der Waals surface area contributed by atoms with E-state index in [4.69, 9.17) is 4.74 Å². The quantitative estimate of drug-likeness (QED) is 0.641. The van der Waals surface area contributed by atoms with Crippen molar-refractivity contribution >= 4 is 31.4 Å². The molecule has 1 aliphatic rings. The Morgan fingerprint density at radius 2 is 1.58 bits per heavy atom. The average molecular weight is 468 g/mol. The highest BCUT2D eigenvalue weighted by Crippen LogP contribution is 2.28. The standard InChI is InChI=1S/C21H29N3O5S2/c1-23(2)31(27,28)19-13-11-18(12-14-19)30(25,26)22-20-9-4-5-10-21(20)24(3)16-17-8-6-7-15-29-17/h4-5,9-14,17,22H,6-8,15-16H2,1-3H3. The summed E-state index contributed by atoms with van der Waals surface area (Å²) in [6.07, 6.45) is 3.31.